The van der Waals surface area contributed by atoms with E-state index >= 15 is 0 Å². The second-order valence-corrected chi connectivity index (χ2v) is 5.84. The van der Waals surface area contributed by atoms with E-state index < -0.39 is 29.4 Å². The molecule has 3 heterocycles. The highest BCUT2D eigenvalue weighted by Crippen LogP contribution is 2.36. The van der Waals surface area contributed by atoms with Crippen LogP contribution in [0.4, 0.5) is 14.6 Å². The molecule has 1 fully saturated rings. The van der Waals surface area contributed by atoms with E-state index in [1.807, 2.05) is 0 Å². The van der Waals surface area contributed by atoms with Gasteiger partial charge in [-0.05, 0) is 34.2 Å². The Hall–Kier alpha value is -3.17. The molecule has 0 aliphatic carbocycles. The van der Waals surface area contributed by atoms with Crippen molar-refractivity contribution in [3.63, 3.8) is 0 Å². The Morgan fingerprint density at radius 2 is 2.04 bits per heavy atom. The third-order valence-electron chi connectivity index (χ3n) is 4.38. The molecule has 0 bridgehead atoms. The summed E-state index contributed by atoms with van der Waals surface area (Å²) in [5, 5.41) is 24.7. The van der Waals surface area contributed by atoms with Crippen molar-refractivity contribution in [3.8, 4) is 0 Å². The van der Waals surface area contributed by atoms with Crippen molar-refractivity contribution in [2.75, 3.05) is 18.0 Å². The first-order chi connectivity index (χ1) is 12.0. The van der Waals surface area contributed by atoms with Gasteiger partial charge in [-0.25, -0.2) is 8.78 Å². The lowest BCUT2D eigenvalue weighted by molar-refractivity contribution is -0.141. The molecule has 1 saturated heterocycles. The van der Waals surface area contributed by atoms with Gasteiger partial charge in [0.25, 0.3) is 0 Å². The molecule has 4 rings (SSSR count). The molecule has 0 amide bonds. The maximum atomic E-state index is 14.1. The van der Waals surface area contributed by atoms with Gasteiger partial charge in [0.1, 0.15) is 11.6 Å². The first-order valence-corrected chi connectivity index (χ1v) is 7.51. The number of aromatic nitrogens is 5. The molecule has 8 nitrogen and oxygen atoms in total. The zero-order valence-electron chi connectivity index (χ0n) is 12.8. The van der Waals surface area contributed by atoms with E-state index in [2.05, 4.69) is 20.6 Å². The molecule has 3 aromatic rings. The largest absolute Gasteiger partial charge is 0.481 e. The number of carboxylic acid groups (broad SMARTS) is 1. The van der Waals surface area contributed by atoms with Gasteiger partial charge in [-0.3, -0.25) is 4.79 Å². The summed E-state index contributed by atoms with van der Waals surface area (Å²) in [6, 6.07) is 6.53. The quantitative estimate of drug-likeness (QED) is 0.758. The van der Waals surface area contributed by atoms with Crippen LogP contribution in [0.3, 0.4) is 0 Å². The topological polar surface area (TPSA) is 96.5 Å². The molecule has 0 unspecified atom stereocenters. The number of nitrogens with zero attached hydrogens (tertiary/aromatic N) is 6. The molecule has 10 heteroatoms. The number of carbonyl (C=O) groups is 1. The molecule has 128 valence electrons. The van der Waals surface area contributed by atoms with Crippen molar-refractivity contribution >= 4 is 17.4 Å². The lowest BCUT2D eigenvalue weighted by Crippen LogP contribution is -2.24. The Morgan fingerprint density at radius 1 is 1.20 bits per heavy atom. The number of tetrazole rings is 1. The van der Waals surface area contributed by atoms with E-state index in [0.717, 1.165) is 12.1 Å². The Bertz CT molecular complexity index is 962. The molecule has 2 atom stereocenters. The van der Waals surface area contributed by atoms with Gasteiger partial charge in [0, 0.05) is 25.1 Å². The minimum Gasteiger partial charge on any atom is -0.481 e. The van der Waals surface area contributed by atoms with Crippen LogP contribution in [0, 0.1) is 17.6 Å². The molecule has 0 saturated carbocycles. The smallest absolute Gasteiger partial charge is 0.308 e. The van der Waals surface area contributed by atoms with E-state index in [1.165, 1.54) is 10.7 Å². The summed E-state index contributed by atoms with van der Waals surface area (Å²) in [6.45, 7) is 0.387. The molecule has 0 radical (unpaired) electrons. The highest BCUT2D eigenvalue weighted by molar-refractivity contribution is 5.74. The number of hydrogen-bond acceptors (Lipinski definition) is 6. The number of halogens is 2. The van der Waals surface area contributed by atoms with Crippen LogP contribution in [0.2, 0.25) is 0 Å². The summed E-state index contributed by atoms with van der Waals surface area (Å²) >= 11 is 0. The van der Waals surface area contributed by atoms with Crippen molar-refractivity contribution in [2.45, 2.75) is 5.92 Å². The highest BCUT2D eigenvalue weighted by atomic mass is 19.1. The van der Waals surface area contributed by atoms with Crippen LogP contribution in [0.1, 0.15) is 11.5 Å². The zero-order chi connectivity index (χ0) is 17.6. The summed E-state index contributed by atoms with van der Waals surface area (Å²) in [7, 11) is 0. The second kappa shape index (κ2) is 5.72. The average Bonchev–Trinajstić information content (AvgIpc) is 3.21. The number of anilines is 1. The van der Waals surface area contributed by atoms with E-state index in [-0.39, 0.29) is 18.7 Å². The molecule has 1 N–H and O–H groups in total. The minimum absolute atomic E-state index is 0.150. The lowest BCUT2D eigenvalue weighted by Gasteiger charge is -2.17. The van der Waals surface area contributed by atoms with Crippen molar-refractivity contribution in [2.24, 2.45) is 5.92 Å². The van der Waals surface area contributed by atoms with Crippen LogP contribution in [-0.4, -0.2) is 49.4 Å². The van der Waals surface area contributed by atoms with Crippen molar-refractivity contribution in [3.05, 3.63) is 47.5 Å². The van der Waals surface area contributed by atoms with Crippen molar-refractivity contribution in [1.29, 1.82) is 0 Å². The number of aliphatic carboxylic acids is 1. The maximum Gasteiger partial charge on any atom is 0.308 e. The summed E-state index contributed by atoms with van der Waals surface area (Å²) < 4.78 is 28.5. The van der Waals surface area contributed by atoms with Crippen molar-refractivity contribution < 1.29 is 18.7 Å². The first kappa shape index (κ1) is 15.4. The van der Waals surface area contributed by atoms with Gasteiger partial charge in [0.2, 0.25) is 0 Å². The van der Waals surface area contributed by atoms with E-state index in [9.17, 15) is 18.7 Å². The molecule has 2 aromatic heterocycles. The number of fused-ring (bicyclic) bond motifs is 1. The van der Waals surface area contributed by atoms with Gasteiger partial charge in [0.15, 0.2) is 11.5 Å². The van der Waals surface area contributed by atoms with Gasteiger partial charge < -0.3 is 10.0 Å². The van der Waals surface area contributed by atoms with E-state index in [0.29, 0.717) is 11.5 Å². The molecule has 1 aliphatic heterocycles. The number of hydrogen-bond donors (Lipinski definition) is 1. The Balaban J connectivity index is 1.69. The second-order valence-electron chi connectivity index (χ2n) is 5.84. The van der Waals surface area contributed by atoms with Crippen LogP contribution in [0.15, 0.2) is 30.3 Å². The third kappa shape index (κ3) is 2.65. The standard InChI is InChI=1S/C15H12F2N6O2/c16-8-1-2-9(12(17)5-8)10-6-22(7-11(10)15(24)25)14-4-3-13-18-20-21-23(13)19-14/h1-5,10-11H,6-7H2,(H,24,25)/t10-,11+/m0/s1. The fourth-order valence-electron chi connectivity index (χ4n) is 3.17. The van der Waals surface area contributed by atoms with Gasteiger partial charge >= 0.3 is 5.97 Å². The van der Waals surface area contributed by atoms with Gasteiger partial charge in [-0.1, -0.05) is 6.07 Å². The molecule has 1 aliphatic rings. The van der Waals surface area contributed by atoms with E-state index in [1.54, 1.807) is 17.0 Å². The average molecular weight is 346 g/mol. The molecular weight excluding hydrogens is 334 g/mol. The fraction of sp³-hybridized carbons (Fsp3) is 0.267. The molecule has 1 aromatic carbocycles. The lowest BCUT2D eigenvalue weighted by atomic mass is 9.88. The Kier molecular flexibility index (Phi) is 3.52. The summed E-state index contributed by atoms with van der Waals surface area (Å²) in [4.78, 5) is 13.4. The van der Waals surface area contributed by atoms with Crippen LogP contribution in [0.25, 0.3) is 5.65 Å². The summed E-state index contributed by atoms with van der Waals surface area (Å²) in [5.41, 5.74) is 0.638. The van der Waals surface area contributed by atoms with Crippen LogP contribution < -0.4 is 4.90 Å². The summed E-state index contributed by atoms with van der Waals surface area (Å²) in [6.07, 6.45) is 0. The van der Waals surface area contributed by atoms with Crippen molar-refractivity contribution in [1.82, 2.24) is 25.3 Å². The normalized spacial score (nSPS) is 20.3. The third-order valence-corrected chi connectivity index (χ3v) is 4.38. The van der Waals surface area contributed by atoms with Gasteiger partial charge in [0.05, 0.1) is 5.92 Å². The predicted octanol–water partition coefficient (Wildman–Crippen LogP) is 1.10. The fourth-order valence-corrected chi connectivity index (χ4v) is 3.17. The molecular formula is C15H12F2N6O2. The SMILES string of the molecule is O=C(O)[C@@H]1CN(c2ccc3nnnn3n2)C[C@H]1c1ccc(F)cc1F. The van der Waals surface area contributed by atoms with Crippen LogP contribution in [0.5, 0.6) is 0 Å². The van der Waals surface area contributed by atoms with Crippen LogP contribution in [-0.2, 0) is 4.79 Å². The predicted molar refractivity (Wildman–Crippen MR) is 81.0 cm³/mol. The number of benzene rings is 1. The molecule has 0 spiro atoms. The highest BCUT2D eigenvalue weighted by Gasteiger charge is 2.40. The van der Waals surface area contributed by atoms with Crippen LogP contribution >= 0.6 is 0 Å². The van der Waals surface area contributed by atoms with Gasteiger partial charge in [-0.15, -0.1) is 14.8 Å². The summed E-state index contributed by atoms with van der Waals surface area (Å²) in [5.74, 6) is -3.47. The number of carboxylic acids is 1. The Morgan fingerprint density at radius 3 is 2.80 bits per heavy atom. The first-order valence-electron chi connectivity index (χ1n) is 7.51. The zero-order valence-corrected chi connectivity index (χ0v) is 12.8. The van der Waals surface area contributed by atoms with E-state index in [4.69, 9.17) is 0 Å². The maximum absolute atomic E-state index is 14.1. The number of rotatable bonds is 3. The molecule has 25 heavy (non-hydrogen) atoms. The minimum atomic E-state index is -1.04. The Labute approximate surface area is 139 Å². The van der Waals surface area contributed by atoms with Gasteiger partial charge in [-0.2, -0.15) is 0 Å². The monoisotopic (exact) mass is 346 g/mol.